The Bertz CT molecular complexity index is 614. The molecule has 0 aliphatic heterocycles. The molecular weight excluding hydrogens is 241 g/mol. The van der Waals surface area contributed by atoms with Gasteiger partial charge in [-0.2, -0.15) is 0 Å². The van der Waals surface area contributed by atoms with Gasteiger partial charge >= 0.3 is 0 Å². The fourth-order valence-corrected chi connectivity index (χ4v) is 2.58. The summed E-state index contributed by atoms with van der Waals surface area (Å²) in [5, 5.41) is 0. The molecule has 0 fully saturated rings. The zero-order valence-electron chi connectivity index (χ0n) is 11.7. The minimum absolute atomic E-state index is 0.380. The van der Waals surface area contributed by atoms with E-state index in [9.17, 15) is 0 Å². The van der Waals surface area contributed by atoms with Crippen LogP contribution in [0.5, 0.6) is 0 Å². The number of hydrogen-bond donors (Lipinski definition) is 0. The largest absolute Gasteiger partial charge is 0.334 e. The number of rotatable bonds is 3. The van der Waals surface area contributed by atoms with Gasteiger partial charge in [0.1, 0.15) is 7.85 Å². The van der Waals surface area contributed by atoms with Crippen molar-refractivity contribution in [3.63, 3.8) is 0 Å². The third kappa shape index (κ3) is 2.69. The van der Waals surface area contributed by atoms with Crippen molar-refractivity contribution in [2.45, 2.75) is 12.5 Å². The molecule has 0 aromatic heterocycles. The van der Waals surface area contributed by atoms with Gasteiger partial charge in [-0.3, -0.25) is 0 Å². The Labute approximate surface area is 121 Å². The molecule has 0 bridgehead atoms. The number of allylic oxidation sites excluding steroid dienone is 2. The molecule has 3 rings (SSSR count). The second-order valence-electron chi connectivity index (χ2n) is 5.16. The van der Waals surface area contributed by atoms with Gasteiger partial charge in [0.05, 0.1) is 6.04 Å². The van der Waals surface area contributed by atoms with Crippen molar-refractivity contribution in [1.82, 2.24) is 0 Å². The van der Waals surface area contributed by atoms with Gasteiger partial charge in [0.2, 0.25) is 0 Å². The predicted molar refractivity (Wildman–Crippen MR) is 89.9 cm³/mol. The molecule has 98 valence electrons. The van der Waals surface area contributed by atoms with Gasteiger partial charge in [-0.25, -0.2) is 0 Å². The van der Waals surface area contributed by atoms with Gasteiger partial charge in [-0.05, 0) is 30.7 Å². The van der Waals surface area contributed by atoms with Crippen LogP contribution in [0.1, 0.15) is 6.42 Å². The number of nitrogens with zero attached hydrogens (tertiary/aromatic N) is 1. The minimum atomic E-state index is 0.380. The molecule has 2 heteroatoms. The Balaban J connectivity index is 2.01. The van der Waals surface area contributed by atoms with E-state index in [0.29, 0.717) is 6.04 Å². The average molecular weight is 259 g/mol. The Morgan fingerprint density at radius 1 is 0.850 bits per heavy atom. The summed E-state index contributed by atoms with van der Waals surface area (Å²) in [6.07, 6.45) is 9.80. The van der Waals surface area contributed by atoms with Crippen molar-refractivity contribution in [1.29, 1.82) is 0 Å². The van der Waals surface area contributed by atoms with E-state index >= 15 is 0 Å². The minimum Gasteiger partial charge on any atom is -0.334 e. The third-order valence-electron chi connectivity index (χ3n) is 3.64. The van der Waals surface area contributed by atoms with Gasteiger partial charge in [0.25, 0.3) is 0 Å². The molecule has 1 aliphatic carbocycles. The van der Waals surface area contributed by atoms with E-state index in [4.69, 9.17) is 0 Å². The Morgan fingerprint density at radius 2 is 1.55 bits per heavy atom. The quantitative estimate of drug-likeness (QED) is 0.766. The lowest BCUT2D eigenvalue weighted by molar-refractivity contribution is 0.785. The lowest BCUT2D eigenvalue weighted by atomic mass is 9.95. The van der Waals surface area contributed by atoms with Crippen LogP contribution in [-0.2, 0) is 0 Å². The van der Waals surface area contributed by atoms with Gasteiger partial charge in [-0.1, -0.05) is 60.1 Å². The standard InChI is InChI=1S/C18H18BN/c19-15-11-13-18(14-12-15)20(16-7-3-1-4-8-16)17-9-5-2-6-10-17/h1-9,11-14,17H,10,19H2. The summed E-state index contributed by atoms with van der Waals surface area (Å²) >= 11 is 0. The second kappa shape index (κ2) is 5.83. The highest BCUT2D eigenvalue weighted by atomic mass is 15.2. The maximum atomic E-state index is 2.40. The zero-order valence-corrected chi connectivity index (χ0v) is 11.7. The average Bonchev–Trinajstić information content (AvgIpc) is 2.52. The normalized spacial score (nSPS) is 17.1. The van der Waals surface area contributed by atoms with Crippen LogP contribution in [0, 0.1) is 0 Å². The third-order valence-corrected chi connectivity index (χ3v) is 3.64. The highest BCUT2D eigenvalue weighted by Crippen LogP contribution is 2.30. The zero-order chi connectivity index (χ0) is 13.8. The first-order valence-corrected chi connectivity index (χ1v) is 7.09. The monoisotopic (exact) mass is 259 g/mol. The molecule has 0 amide bonds. The summed E-state index contributed by atoms with van der Waals surface area (Å²) < 4.78 is 0. The molecule has 0 saturated carbocycles. The molecule has 2 aromatic rings. The molecule has 2 aromatic carbocycles. The fraction of sp³-hybridized carbons (Fsp3) is 0.111. The van der Waals surface area contributed by atoms with E-state index in [1.165, 1.54) is 16.8 Å². The van der Waals surface area contributed by atoms with E-state index in [1.807, 2.05) is 0 Å². The Morgan fingerprint density at radius 3 is 2.20 bits per heavy atom. The van der Waals surface area contributed by atoms with Crippen LogP contribution >= 0.6 is 0 Å². The summed E-state index contributed by atoms with van der Waals surface area (Å²) in [5.74, 6) is 0. The SMILES string of the molecule is Bc1ccc(N(c2ccccc2)C2C=CC=CC2)cc1. The number of para-hydroxylation sites is 1. The highest BCUT2D eigenvalue weighted by molar-refractivity contribution is 6.32. The molecule has 0 spiro atoms. The predicted octanol–water partition coefficient (Wildman–Crippen LogP) is 2.97. The number of benzene rings is 2. The second-order valence-corrected chi connectivity index (χ2v) is 5.16. The maximum Gasteiger partial charge on any atom is 0.139 e. The van der Waals surface area contributed by atoms with Gasteiger partial charge in [0, 0.05) is 11.4 Å². The molecule has 0 N–H and O–H groups in total. The van der Waals surface area contributed by atoms with Crippen LogP contribution in [0.3, 0.4) is 0 Å². The first kappa shape index (κ1) is 12.8. The maximum absolute atomic E-state index is 2.40. The summed E-state index contributed by atoms with van der Waals surface area (Å²) in [7, 11) is 2.12. The number of hydrogen-bond acceptors (Lipinski definition) is 1. The number of anilines is 2. The van der Waals surface area contributed by atoms with Crippen LogP contribution in [0.4, 0.5) is 11.4 Å². The van der Waals surface area contributed by atoms with Crippen LogP contribution in [-0.4, -0.2) is 13.9 Å². The molecule has 0 heterocycles. The van der Waals surface area contributed by atoms with Crippen LogP contribution < -0.4 is 10.4 Å². The van der Waals surface area contributed by atoms with Crippen molar-refractivity contribution in [3.05, 3.63) is 78.9 Å². The topological polar surface area (TPSA) is 3.24 Å². The Hall–Kier alpha value is -2.22. The van der Waals surface area contributed by atoms with Crippen molar-refractivity contribution >= 4 is 24.7 Å². The molecule has 1 nitrogen and oxygen atoms in total. The summed E-state index contributed by atoms with van der Waals surface area (Å²) in [4.78, 5) is 2.40. The van der Waals surface area contributed by atoms with Crippen molar-refractivity contribution < 1.29 is 0 Å². The summed E-state index contributed by atoms with van der Waals surface area (Å²) in [6.45, 7) is 0. The van der Waals surface area contributed by atoms with Crippen LogP contribution in [0.15, 0.2) is 78.9 Å². The van der Waals surface area contributed by atoms with Crippen LogP contribution in [0.25, 0.3) is 0 Å². The van der Waals surface area contributed by atoms with Gasteiger partial charge in [0.15, 0.2) is 0 Å². The lowest BCUT2D eigenvalue weighted by Crippen LogP contribution is -2.29. The van der Waals surface area contributed by atoms with Crippen molar-refractivity contribution in [2.75, 3.05) is 4.90 Å². The van der Waals surface area contributed by atoms with E-state index in [1.54, 1.807) is 0 Å². The summed E-state index contributed by atoms with van der Waals surface area (Å²) in [5.41, 5.74) is 3.77. The molecule has 1 aliphatic rings. The van der Waals surface area contributed by atoms with E-state index in [0.717, 1.165) is 6.42 Å². The molecule has 0 radical (unpaired) electrons. The van der Waals surface area contributed by atoms with E-state index < -0.39 is 0 Å². The first-order chi connectivity index (χ1) is 9.84. The van der Waals surface area contributed by atoms with E-state index in [-0.39, 0.29) is 0 Å². The Kier molecular flexibility index (Phi) is 3.73. The van der Waals surface area contributed by atoms with Crippen molar-refractivity contribution in [3.8, 4) is 0 Å². The van der Waals surface area contributed by atoms with Crippen LogP contribution in [0.2, 0.25) is 0 Å². The molecule has 1 atom stereocenters. The summed E-state index contributed by atoms with van der Waals surface area (Å²) in [6, 6.07) is 19.7. The molecule has 20 heavy (non-hydrogen) atoms. The highest BCUT2D eigenvalue weighted by Gasteiger charge is 2.18. The fourth-order valence-electron chi connectivity index (χ4n) is 2.58. The lowest BCUT2D eigenvalue weighted by Gasteiger charge is -2.32. The smallest absolute Gasteiger partial charge is 0.139 e. The molecular formula is C18H18BN. The first-order valence-electron chi connectivity index (χ1n) is 7.09. The van der Waals surface area contributed by atoms with Crippen molar-refractivity contribution in [2.24, 2.45) is 0 Å². The van der Waals surface area contributed by atoms with Gasteiger partial charge in [-0.15, -0.1) is 0 Å². The van der Waals surface area contributed by atoms with E-state index in [2.05, 4.69) is 91.6 Å². The molecule has 0 saturated heterocycles. The van der Waals surface area contributed by atoms with Gasteiger partial charge < -0.3 is 4.90 Å². The molecule has 1 unspecified atom stereocenters.